The Balaban J connectivity index is 0.000000225. The van der Waals surface area contributed by atoms with Crippen LogP contribution < -0.4 is 20.4 Å². The lowest BCUT2D eigenvalue weighted by molar-refractivity contribution is -0.145. The molecule has 0 spiro atoms. The minimum atomic E-state index is -1.21. The number of carbonyl (C=O) groups is 2. The second kappa shape index (κ2) is 16.7. The van der Waals surface area contributed by atoms with Gasteiger partial charge in [-0.1, -0.05) is 7.43 Å². The molecule has 2 aromatic carbocycles. The molecular weight excluding hydrogens is 662 g/mol. The Morgan fingerprint density at radius 3 is 1.69 bits per heavy atom. The number of ether oxygens (including phenoxy) is 3. The topological polar surface area (TPSA) is 201 Å². The van der Waals surface area contributed by atoms with E-state index in [4.69, 9.17) is 41.8 Å². The summed E-state index contributed by atoms with van der Waals surface area (Å²) in [5.74, 6) is -0.173. The van der Waals surface area contributed by atoms with Crippen molar-refractivity contribution in [2.75, 3.05) is 6.61 Å². The van der Waals surface area contributed by atoms with Crippen molar-refractivity contribution in [2.24, 2.45) is 0 Å². The molecule has 0 bridgehead atoms. The second-order valence-corrected chi connectivity index (χ2v) is 10.9. The van der Waals surface area contributed by atoms with Crippen LogP contribution in [0.5, 0.6) is 23.3 Å². The van der Waals surface area contributed by atoms with Crippen LogP contribution in [0.15, 0.2) is 48.8 Å². The first-order valence-corrected chi connectivity index (χ1v) is 15.1. The van der Waals surface area contributed by atoms with Gasteiger partial charge in [-0.15, -0.1) is 23.1 Å². The van der Waals surface area contributed by atoms with Gasteiger partial charge in [-0.05, 0) is 78.2 Å². The molecule has 2 aliphatic heterocycles. The molecule has 3 N–H and O–H groups in total. The molecule has 2 unspecified atom stereocenters. The van der Waals surface area contributed by atoms with Crippen molar-refractivity contribution >= 4 is 49.0 Å². The van der Waals surface area contributed by atoms with Gasteiger partial charge in [-0.25, -0.2) is 0 Å². The van der Waals surface area contributed by atoms with E-state index < -0.39 is 32.4 Å². The van der Waals surface area contributed by atoms with Gasteiger partial charge in [0.15, 0.2) is 0 Å². The van der Waals surface area contributed by atoms with E-state index in [9.17, 15) is 19.6 Å². The molecule has 0 aliphatic carbocycles. The molecule has 0 saturated heterocycles. The summed E-state index contributed by atoms with van der Waals surface area (Å²) in [7, 11) is -2.37. The van der Waals surface area contributed by atoms with Gasteiger partial charge in [-0.3, -0.25) is 9.59 Å². The van der Waals surface area contributed by atoms with Crippen LogP contribution in [0.3, 0.4) is 0 Å². The van der Waals surface area contributed by atoms with Gasteiger partial charge in [0.25, 0.3) is 11.8 Å². The molecule has 6 rings (SSSR count). The maximum Gasteiger partial charge on any atom is 0.492 e. The normalized spacial score (nSPS) is 15.2. The zero-order valence-electron chi connectivity index (χ0n) is 26.9. The monoisotopic (exact) mass is 694 g/mol. The minimum Gasteiger partial charge on any atom is -0.481 e. The van der Waals surface area contributed by atoms with Crippen LogP contribution in [0.2, 0.25) is 0 Å². The number of carboxylic acid groups (broad SMARTS) is 1. The van der Waals surface area contributed by atoms with Crippen LogP contribution >= 0.6 is 0 Å². The highest BCUT2D eigenvalue weighted by Crippen LogP contribution is 2.34. The highest BCUT2D eigenvalue weighted by atomic mass is 16.6. The first-order chi connectivity index (χ1) is 24.0. The number of hydrogen-bond donors (Lipinski definition) is 3. The highest BCUT2D eigenvalue weighted by Gasteiger charge is 2.39. The number of nitrogens with zero attached hydrogens (tertiary/aromatic N) is 6. The molecular formula is C33H32B2N6O10. The zero-order valence-corrected chi connectivity index (χ0v) is 26.9. The Hall–Kier alpha value is -5.91. The number of fused-ring (bicyclic) bond motifs is 2. The number of esters is 1. The fraction of sp³-hybridized carbons (Fsp3) is 0.273. The number of aliphatic carboxylic acids is 1. The Morgan fingerprint density at radius 1 is 0.824 bits per heavy atom. The number of rotatable bonds is 9. The fourth-order valence-electron chi connectivity index (χ4n) is 5.54. The predicted octanol–water partition coefficient (Wildman–Crippen LogP) is 3.84. The van der Waals surface area contributed by atoms with Gasteiger partial charge < -0.3 is 48.4 Å². The van der Waals surface area contributed by atoms with Crippen molar-refractivity contribution in [3.63, 3.8) is 0 Å². The average Bonchev–Trinajstić information content (AvgIpc) is 3.56. The van der Waals surface area contributed by atoms with Crippen LogP contribution in [-0.2, 0) is 23.6 Å². The van der Waals surface area contributed by atoms with Crippen molar-refractivity contribution in [1.82, 2.24) is 19.9 Å². The van der Waals surface area contributed by atoms with E-state index >= 15 is 0 Å². The highest BCUT2D eigenvalue weighted by molar-refractivity contribution is 6.62. The quantitative estimate of drug-likeness (QED) is 0.130. The van der Waals surface area contributed by atoms with Crippen LogP contribution in [0.25, 0.3) is 9.69 Å². The summed E-state index contributed by atoms with van der Waals surface area (Å²) in [5.41, 5.74) is 3.96. The summed E-state index contributed by atoms with van der Waals surface area (Å²) in [4.78, 5) is 44.4. The molecule has 0 radical (unpaired) electrons. The Morgan fingerprint density at radius 2 is 1.27 bits per heavy atom. The van der Waals surface area contributed by atoms with Gasteiger partial charge in [-0.2, -0.15) is 9.97 Å². The Labute approximate surface area is 293 Å². The van der Waals surface area contributed by atoms with Gasteiger partial charge in [0, 0.05) is 0 Å². The van der Waals surface area contributed by atoms with Crippen molar-refractivity contribution in [1.29, 1.82) is 0 Å². The Bertz CT molecular complexity index is 2020. The number of benzene rings is 2. The van der Waals surface area contributed by atoms with Crippen LogP contribution in [0, 0.1) is 27.0 Å². The summed E-state index contributed by atoms with van der Waals surface area (Å²) in [6.07, 6.45) is 1.38. The molecule has 16 nitrogen and oxygen atoms in total. The summed E-state index contributed by atoms with van der Waals surface area (Å²) < 4.78 is 27.1. The fourth-order valence-corrected chi connectivity index (χ4v) is 5.54. The number of hydrogen-bond acceptors (Lipinski definition) is 13. The van der Waals surface area contributed by atoms with Gasteiger partial charge in [0.1, 0.15) is 11.5 Å². The zero-order chi connectivity index (χ0) is 35.9. The molecule has 51 heavy (non-hydrogen) atoms. The summed E-state index contributed by atoms with van der Waals surface area (Å²) in [5, 5.41) is 29.2. The first-order valence-electron chi connectivity index (χ1n) is 15.1. The number of aromatic nitrogens is 4. The van der Waals surface area contributed by atoms with E-state index in [1.165, 1.54) is 24.5 Å². The third-order valence-corrected chi connectivity index (χ3v) is 7.44. The summed E-state index contributed by atoms with van der Waals surface area (Å²) in [6.45, 7) is 19.5. The third kappa shape index (κ3) is 9.01. The maximum atomic E-state index is 11.7. The van der Waals surface area contributed by atoms with E-state index in [1.807, 2.05) is 6.92 Å². The Kier molecular flexibility index (Phi) is 12.4. The van der Waals surface area contributed by atoms with Crippen LogP contribution in [-0.4, -0.2) is 67.9 Å². The van der Waals surface area contributed by atoms with Crippen molar-refractivity contribution in [3.05, 3.63) is 93.9 Å². The van der Waals surface area contributed by atoms with E-state index in [-0.39, 0.29) is 56.5 Å². The molecule has 18 heteroatoms. The van der Waals surface area contributed by atoms with Crippen molar-refractivity contribution in [3.8, 4) is 23.3 Å². The smallest absolute Gasteiger partial charge is 0.481 e. The molecule has 0 amide bonds. The first kappa shape index (κ1) is 37.9. The average molecular weight is 694 g/mol. The maximum absolute atomic E-state index is 11.7. The molecule has 2 aromatic heterocycles. The van der Waals surface area contributed by atoms with E-state index in [1.54, 1.807) is 38.1 Å². The standard InChI is InChI=1S/C17H16BN3O5.C15H12BN3O5.CH4/c1-4-24-15(22)9-13-16-10(2)7-11(8-12(16)18(23)26-13)25-14-5-6-20-17(19-3)21-14;1-8-5-9(23-12-3-4-18-15(17-2)19-12)6-10-14(8)11(7-13(20)21)24-16(10)22;/h5-8,13,23H,4,9H2,1-2H3;3-6,11,22H,7H2,1H3,(H,20,21);1H4. The van der Waals surface area contributed by atoms with Crippen LogP contribution in [0.1, 0.15) is 61.7 Å². The van der Waals surface area contributed by atoms with E-state index in [0.29, 0.717) is 28.0 Å². The lowest BCUT2D eigenvalue weighted by Gasteiger charge is -2.14. The van der Waals surface area contributed by atoms with E-state index in [0.717, 1.165) is 16.7 Å². The van der Waals surface area contributed by atoms with E-state index in [2.05, 4.69) is 29.6 Å². The molecule has 0 fully saturated rings. The minimum absolute atomic E-state index is 0. The van der Waals surface area contributed by atoms with Crippen LogP contribution in [0.4, 0.5) is 11.9 Å². The lowest BCUT2D eigenvalue weighted by atomic mass is 9.77. The SMILES string of the molecule is C.[C-]#[N+]c1nccc(Oc2cc(C)c3c(c2)B(O)OC3CC(=O)O)n1.[C-]#[N+]c1nccc(Oc2cc(C)c3c(c2)B(O)OC3CC(=O)OCC)n1. The molecule has 2 aliphatic rings. The molecule has 2 atom stereocenters. The lowest BCUT2D eigenvalue weighted by Crippen LogP contribution is -2.28. The largest absolute Gasteiger partial charge is 0.492 e. The third-order valence-electron chi connectivity index (χ3n) is 7.44. The predicted molar refractivity (Wildman–Crippen MR) is 182 cm³/mol. The van der Waals surface area contributed by atoms with Gasteiger partial charge in [0.05, 0.1) is 56.2 Å². The number of carbonyl (C=O) groups excluding carboxylic acids is 1. The second-order valence-electron chi connectivity index (χ2n) is 10.9. The van der Waals surface area contributed by atoms with Gasteiger partial charge in [0.2, 0.25) is 0 Å². The van der Waals surface area contributed by atoms with Gasteiger partial charge >= 0.3 is 38.1 Å². The number of carboxylic acids is 1. The van der Waals surface area contributed by atoms with Crippen molar-refractivity contribution < 1.29 is 48.3 Å². The molecule has 4 heterocycles. The molecule has 0 saturated carbocycles. The molecule has 260 valence electrons. The number of aryl methyl sites for hydroxylation is 2. The molecule has 4 aromatic rings. The summed E-state index contributed by atoms with van der Waals surface area (Å²) >= 11 is 0. The summed E-state index contributed by atoms with van der Waals surface area (Å²) in [6, 6.07) is 9.73. The van der Waals surface area contributed by atoms with Crippen molar-refractivity contribution in [2.45, 2.75) is 53.2 Å².